The summed E-state index contributed by atoms with van der Waals surface area (Å²) in [6.07, 6.45) is 0. The standard InChI is InChI=1S/C13H13BrN2O2S/c1-9-4-2-3-5-12(9)16-19(17,18)13-7-6-10(14)8-11(13)15/h2-8,16H,15H2,1H3. The number of para-hydroxylation sites is 1. The van der Waals surface area contributed by atoms with Crippen LogP contribution in [0.5, 0.6) is 0 Å². The predicted molar refractivity (Wildman–Crippen MR) is 80.5 cm³/mol. The average Bonchev–Trinajstić information content (AvgIpc) is 2.31. The Morgan fingerprint density at radius 3 is 2.47 bits per heavy atom. The van der Waals surface area contributed by atoms with Gasteiger partial charge in [-0.25, -0.2) is 8.42 Å². The van der Waals surface area contributed by atoms with Crippen LogP contribution in [0.1, 0.15) is 5.56 Å². The summed E-state index contributed by atoms with van der Waals surface area (Å²) in [5.41, 5.74) is 7.35. The van der Waals surface area contributed by atoms with Crippen molar-refractivity contribution in [2.45, 2.75) is 11.8 Å². The summed E-state index contributed by atoms with van der Waals surface area (Å²) in [5.74, 6) is 0. The molecule has 0 radical (unpaired) electrons. The largest absolute Gasteiger partial charge is 0.398 e. The van der Waals surface area contributed by atoms with Gasteiger partial charge in [0.25, 0.3) is 10.0 Å². The minimum absolute atomic E-state index is 0.0685. The van der Waals surface area contributed by atoms with E-state index >= 15 is 0 Å². The van der Waals surface area contributed by atoms with Crippen LogP contribution in [-0.4, -0.2) is 8.42 Å². The van der Waals surface area contributed by atoms with Crippen LogP contribution >= 0.6 is 15.9 Å². The molecule has 2 aromatic carbocycles. The maximum Gasteiger partial charge on any atom is 0.263 e. The molecule has 2 rings (SSSR count). The molecular weight excluding hydrogens is 328 g/mol. The van der Waals surface area contributed by atoms with Gasteiger partial charge in [0.15, 0.2) is 0 Å². The Morgan fingerprint density at radius 1 is 1.16 bits per heavy atom. The van der Waals surface area contributed by atoms with E-state index in [1.54, 1.807) is 24.3 Å². The molecular formula is C13H13BrN2O2S. The van der Waals surface area contributed by atoms with Crippen molar-refractivity contribution in [3.8, 4) is 0 Å². The summed E-state index contributed by atoms with van der Waals surface area (Å²) in [7, 11) is -3.68. The number of rotatable bonds is 3. The van der Waals surface area contributed by atoms with Crippen molar-refractivity contribution < 1.29 is 8.42 Å². The molecule has 0 amide bonds. The number of halogens is 1. The maximum atomic E-state index is 12.3. The Kier molecular flexibility index (Phi) is 3.82. The Morgan fingerprint density at radius 2 is 1.84 bits per heavy atom. The summed E-state index contributed by atoms with van der Waals surface area (Å²) in [6, 6.07) is 11.8. The van der Waals surface area contributed by atoms with Crippen molar-refractivity contribution in [3.63, 3.8) is 0 Å². The van der Waals surface area contributed by atoms with E-state index in [1.807, 2.05) is 19.1 Å². The Balaban J connectivity index is 2.41. The Labute approximate surface area is 120 Å². The van der Waals surface area contributed by atoms with Crippen LogP contribution in [0.4, 0.5) is 11.4 Å². The zero-order chi connectivity index (χ0) is 14.0. The first-order chi connectivity index (χ1) is 8.90. The zero-order valence-corrected chi connectivity index (χ0v) is 12.6. The van der Waals surface area contributed by atoms with Crippen molar-refractivity contribution in [2.75, 3.05) is 10.5 Å². The van der Waals surface area contributed by atoms with Gasteiger partial charge < -0.3 is 5.73 Å². The quantitative estimate of drug-likeness (QED) is 0.843. The minimum atomic E-state index is -3.68. The maximum absolute atomic E-state index is 12.3. The number of hydrogen-bond acceptors (Lipinski definition) is 3. The van der Waals surface area contributed by atoms with Crippen molar-refractivity contribution in [3.05, 3.63) is 52.5 Å². The zero-order valence-electron chi connectivity index (χ0n) is 10.2. The topological polar surface area (TPSA) is 72.2 Å². The van der Waals surface area contributed by atoms with Crippen LogP contribution in [0.25, 0.3) is 0 Å². The molecule has 0 fully saturated rings. The number of aryl methyl sites for hydroxylation is 1. The number of nitrogens with one attached hydrogen (secondary N) is 1. The van der Waals surface area contributed by atoms with Crippen molar-refractivity contribution in [1.82, 2.24) is 0 Å². The Hall–Kier alpha value is -1.53. The molecule has 0 saturated carbocycles. The molecule has 0 bridgehead atoms. The minimum Gasteiger partial charge on any atom is -0.398 e. The van der Waals surface area contributed by atoms with Crippen molar-refractivity contribution >= 4 is 37.3 Å². The highest BCUT2D eigenvalue weighted by Gasteiger charge is 2.18. The van der Waals surface area contributed by atoms with Crippen molar-refractivity contribution in [2.24, 2.45) is 0 Å². The molecule has 0 saturated heterocycles. The van der Waals surface area contributed by atoms with Gasteiger partial charge >= 0.3 is 0 Å². The second-order valence-electron chi connectivity index (χ2n) is 4.10. The first-order valence-corrected chi connectivity index (χ1v) is 7.81. The van der Waals surface area contributed by atoms with Crippen LogP contribution in [0.15, 0.2) is 51.8 Å². The summed E-state index contributed by atoms with van der Waals surface area (Å²) in [6.45, 7) is 1.84. The van der Waals surface area contributed by atoms with Gasteiger partial charge in [-0.3, -0.25) is 4.72 Å². The van der Waals surface area contributed by atoms with Crippen LogP contribution in [0.2, 0.25) is 0 Å². The third-order valence-electron chi connectivity index (χ3n) is 2.65. The monoisotopic (exact) mass is 340 g/mol. The average molecular weight is 341 g/mol. The molecule has 0 atom stereocenters. The van der Waals surface area contributed by atoms with E-state index in [-0.39, 0.29) is 10.6 Å². The predicted octanol–water partition coefficient (Wildman–Crippen LogP) is 3.14. The van der Waals surface area contributed by atoms with Gasteiger partial charge in [0, 0.05) is 4.47 Å². The lowest BCUT2D eigenvalue weighted by Gasteiger charge is -2.12. The van der Waals surface area contributed by atoms with E-state index in [9.17, 15) is 8.42 Å². The highest BCUT2D eigenvalue weighted by atomic mass is 79.9. The molecule has 0 aliphatic rings. The van der Waals surface area contributed by atoms with Crippen LogP contribution < -0.4 is 10.5 Å². The van der Waals surface area contributed by atoms with Gasteiger partial charge in [-0.1, -0.05) is 34.1 Å². The molecule has 0 heterocycles. The number of nitrogen functional groups attached to an aromatic ring is 1. The van der Waals surface area contributed by atoms with E-state index in [0.29, 0.717) is 5.69 Å². The molecule has 2 aromatic rings. The summed E-state index contributed by atoms with van der Waals surface area (Å²) >= 11 is 3.25. The highest BCUT2D eigenvalue weighted by molar-refractivity contribution is 9.10. The Bertz CT molecular complexity index is 714. The summed E-state index contributed by atoms with van der Waals surface area (Å²) < 4.78 is 27.8. The number of anilines is 2. The molecule has 0 spiro atoms. The van der Waals surface area contributed by atoms with E-state index in [1.165, 1.54) is 6.07 Å². The second kappa shape index (κ2) is 5.22. The lowest BCUT2D eigenvalue weighted by atomic mass is 10.2. The van der Waals surface area contributed by atoms with Gasteiger partial charge in [0.2, 0.25) is 0 Å². The van der Waals surface area contributed by atoms with Gasteiger partial charge in [0.05, 0.1) is 11.4 Å². The normalized spacial score (nSPS) is 11.3. The lowest BCUT2D eigenvalue weighted by molar-refractivity contribution is 0.601. The molecule has 6 heteroatoms. The van der Waals surface area contributed by atoms with Crippen LogP contribution in [0.3, 0.4) is 0 Å². The van der Waals surface area contributed by atoms with E-state index in [2.05, 4.69) is 20.7 Å². The fourth-order valence-electron chi connectivity index (χ4n) is 1.65. The van der Waals surface area contributed by atoms with Gasteiger partial charge in [-0.15, -0.1) is 0 Å². The van der Waals surface area contributed by atoms with Gasteiger partial charge in [0.1, 0.15) is 4.90 Å². The van der Waals surface area contributed by atoms with E-state index in [4.69, 9.17) is 5.73 Å². The molecule has 100 valence electrons. The first-order valence-electron chi connectivity index (χ1n) is 5.53. The van der Waals surface area contributed by atoms with E-state index < -0.39 is 10.0 Å². The third-order valence-corrected chi connectivity index (χ3v) is 4.58. The van der Waals surface area contributed by atoms with Crippen LogP contribution in [0, 0.1) is 6.92 Å². The fourth-order valence-corrected chi connectivity index (χ4v) is 3.27. The second-order valence-corrected chi connectivity index (χ2v) is 6.67. The van der Waals surface area contributed by atoms with E-state index in [0.717, 1.165) is 10.0 Å². The molecule has 4 nitrogen and oxygen atoms in total. The molecule has 0 aromatic heterocycles. The van der Waals surface area contributed by atoms with Gasteiger partial charge in [-0.2, -0.15) is 0 Å². The van der Waals surface area contributed by atoms with Crippen molar-refractivity contribution in [1.29, 1.82) is 0 Å². The number of hydrogen-bond donors (Lipinski definition) is 2. The summed E-state index contributed by atoms with van der Waals surface area (Å²) in [5, 5.41) is 0. The molecule has 0 unspecified atom stereocenters. The summed E-state index contributed by atoms with van der Waals surface area (Å²) in [4.78, 5) is 0.0685. The highest BCUT2D eigenvalue weighted by Crippen LogP contribution is 2.25. The SMILES string of the molecule is Cc1ccccc1NS(=O)(=O)c1ccc(Br)cc1N. The number of benzene rings is 2. The smallest absolute Gasteiger partial charge is 0.263 e. The lowest BCUT2D eigenvalue weighted by Crippen LogP contribution is -2.15. The first kappa shape index (κ1) is 13.9. The molecule has 19 heavy (non-hydrogen) atoms. The van der Waals surface area contributed by atoms with Gasteiger partial charge in [-0.05, 0) is 36.8 Å². The molecule has 3 N–H and O–H groups in total. The number of sulfonamides is 1. The molecule has 0 aliphatic heterocycles. The number of nitrogens with two attached hydrogens (primary N) is 1. The fraction of sp³-hybridized carbons (Fsp3) is 0.0769. The molecule has 0 aliphatic carbocycles. The van der Waals surface area contributed by atoms with Crippen LogP contribution in [-0.2, 0) is 10.0 Å². The third kappa shape index (κ3) is 3.08.